The average Bonchev–Trinajstić information content (AvgIpc) is 3.16. The number of aromatic nitrogens is 3. The van der Waals surface area contributed by atoms with Crippen molar-refractivity contribution in [2.75, 3.05) is 18.2 Å². The highest BCUT2D eigenvalue weighted by Crippen LogP contribution is 2.27. The second kappa shape index (κ2) is 8.63. The van der Waals surface area contributed by atoms with Gasteiger partial charge in [-0.3, -0.25) is 9.89 Å². The van der Waals surface area contributed by atoms with E-state index < -0.39 is 12.3 Å². The van der Waals surface area contributed by atoms with Crippen molar-refractivity contribution in [1.82, 2.24) is 15.2 Å². The lowest BCUT2D eigenvalue weighted by Gasteiger charge is -2.09. The number of halogens is 2. The molecule has 140 valence electrons. The van der Waals surface area contributed by atoms with E-state index >= 15 is 0 Å². The van der Waals surface area contributed by atoms with E-state index in [1.54, 1.807) is 25.3 Å². The number of H-pyrrole nitrogens is 1. The number of para-hydroxylation sites is 1. The summed E-state index contributed by atoms with van der Waals surface area (Å²) in [7, 11) is 1.59. The molecule has 0 spiro atoms. The second-order valence-corrected chi connectivity index (χ2v) is 6.36. The summed E-state index contributed by atoms with van der Waals surface area (Å²) in [6.07, 6.45) is -2.66. The number of methoxy groups -OCH3 is 1. The second-order valence-electron chi connectivity index (χ2n) is 5.42. The van der Waals surface area contributed by atoms with Gasteiger partial charge in [0.1, 0.15) is 5.75 Å². The Hall–Kier alpha value is -2.94. The Balaban J connectivity index is 1.59. The third-order valence-electron chi connectivity index (χ3n) is 3.63. The van der Waals surface area contributed by atoms with Gasteiger partial charge in [0.2, 0.25) is 11.1 Å². The largest absolute Gasteiger partial charge is 0.497 e. The van der Waals surface area contributed by atoms with Crippen molar-refractivity contribution in [3.63, 3.8) is 0 Å². The van der Waals surface area contributed by atoms with Crippen molar-refractivity contribution in [2.45, 2.75) is 11.6 Å². The van der Waals surface area contributed by atoms with Crippen LogP contribution >= 0.6 is 11.8 Å². The van der Waals surface area contributed by atoms with E-state index in [1.165, 1.54) is 18.2 Å². The normalized spacial score (nSPS) is 10.8. The van der Waals surface area contributed by atoms with Crippen molar-refractivity contribution >= 4 is 23.4 Å². The SMILES string of the molecule is COc1ccc(-c2nc(SCC(=O)Nc3ccccc3C(F)F)n[nH]2)cc1. The van der Waals surface area contributed by atoms with Gasteiger partial charge in [0.25, 0.3) is 6.43 Å². The third kappa shape index (κ3) is 4.82. The van der Waals surface area contributed by atoms with Crippen LogP contribution in [0.25, 0.3) is 11.4 Å². The molecule has 0 saturated carbocycles. The molecule has 0 saturated heterocycles. The number of anilines is 1. The Kier molecular flexibility index (Phi) is 6.02. The maximum Gasteiger partial charge on any atom is 0.265 e. The zero-order valence-corrected chi connectivity index (χ0v) is 15.1. The first-order valence-electron chi connectivity index (χ1n) is 7.93. The van der Waals surface area contributed by atoms with Gasteiger partial charge in [0.05, 0.1) is 12.9 Å². The highest BCUT2D eigenvalue weighted by Gasteiger charge is 2.15. The van der Waals surface area contributed by atoms with Crippen LogP contribution in [0, 0.1) is 0 Å². The van der Waals surface area contributed by atoms with Gasteiger partial charge in [-0.2, -0.15) is 0 Å². The number of carbonyl (C=O) groups excluding carboxylic acids is 1. The van der Waals surface area contributed by atoms with Crippen LogP contribution in [0.3, 0.4) is 0 Å². The zero-order valence-electron chi connectivity index (χ0n) is 14.3. The quantitative estimate of drug-likeness (QED) is 0.593. The summed E-state index contributed by atoms with van der Waals surface area (Å²) >= 11 is 1.11. The Morgan fingerprint density at radius 1 is 1.22 bits per heavy atom. The smallest absolute Gasteiger partial charge is 0.265 e. The molecule has 0 aliphatic carbocycles. The molecular weight excluding hydrogens is 374 g/mol. The van der Waals surface area contributed by atoms with E-state index in [4.69, 9.17) is 4.74 Å². The van der Waals surface area contributed by atoms with Crippen molar-refractivity contribution in [1.29, 1.82) is 0 Å². The lowest BCUT2D eigenvalue weighted by molar-refractivity contribution is -0.113. The zero-order chi connectivity index (χ0) is 19.2. The number of amides is 1. The molecule has 0 fully saturated rings. The number of hydrogen-bond donors (Lipinski definition) is 2. The molecule has 2 aromatic carbocycles. The number of rotatable bonds is 7. The van der Waals surface area contributed by atoms with Crippen LogP contribution in [-0.2, 0) is 4.79 Å². The van der Waals surface area contributed by atoms with Crippen LogP contribution in [-0.4, -0.2) is 34.0 Å². The number of alkyl halides is 2. The van der Waals surface area contributed by atoms with Gasteiger partial charge in [-0.25, -0.2) is 13.8 Å². The predicted octanol–water partition coefficient (Wildman–Crippen LogP) is 4.15. The average molecular weight is 390 g/mol. The minimum atomic E-state index is -2.66. The molecule has 0 radical (unpaired) electrons. The van der Waals surface area contributed by atoms with Gasteiger partial charge in [0.15, 0.2) is 5.82 Å². The number of carbonyl (C=O) groups is 1. The maximum absolute atomic E-state index is 13.0. The molecule has 0 aliphatic rings. The molecule has 3 rings (SSSR count). The van der Waals surface area contributed by atoms with Crippen molar-refractivity contribution in [2.24, 2.45) is 0 Å². The van der Waals surface area contributed by atoms with E-state index in [9.17, 15) is 13.6 Å². The van der Waals surface area contributed by atoms with Crippen LogP contribution in [0.15, 0.2) is 53.7 Å². The van der Waals surface area contributed by atoms with Crippen molar-refractivity contribution < 1.29 is 18.3 Å². The van der Waals surface area contributed by atoms with E-state index in [-0.39, 0.29) is 17.0 Å². The molecule has 9 heteroatoms. The predicted molar refractivity (Wildman–Crippen MR) is 99.1 cm³/mol. The fourth-order valence-corrected chi connectivity index (χ4v) is 2.90. The van der Waals surface area contributed by atoms with E-state index in [1.807, 2.05) is 12.1 Å². The molecule has 27 heavy (non-hydrogen) atoms. The summed E-state index contributed by atoms with van der Waals surface area (Å²) in [5, 5.41) is 9.74. The third-order valence-corrected chi connectivity index (χ3v) is 4.48. The van der Waals surface area contributed by atoms with Crippen molar-refractivity contribution in [3.05, 3.63) is 54.1 Å². The molecule has 2 N–H and O–H groups in total. The number of nitrogens with zero attached hydrogens (tertiary/aromatic N) is 2. The van der Waals surface area contributed by atoms with Gasteiger partial charge in [0, 0.05) is 16.8 Å². The molecule has 0 atom stereocenters. The van der Waals surface area contributed by atoms with E-state index in [2.05, 4.69) is 20.5 Å². The minimum absolute atomic E-state index is 0.00250. The first-order valence-corrected chi connectivity index (χ1v) is 8.92. The van der Waals surface area contributed by atoms with Gasteiger partial charge >= 0.3 is 0 Å². The number of ether oxygens (including phenoxy) is 1. The number of benzene rings is 2. The summed E-state index contributed by atoms with van der Waals surface area (Å²) in [4.78, 5) is 16.4. The fraction of sp³-hybridized carbons (Fsp3) is 0.167. The summed E-state index contributed by atoms with van der Waals surface area (Å²) in [5.74, 6) is 0.874. The minimum Gasteiger partial charge on any atom is -0.497 e. The Morgan fingerprint density at radius 2 is 1.96 bits per heavy atom. The molecule has 3 aromatic rings. The first-order chi connectivity index (χ1) is 13.1. The van der Waals surface area contributed by atoms with Crippen molar-refractivity contribution in [3.8, 4) is 17.1 Å². The van der Waals surface area contributed by atoms with Gasteiger partial charge in [-0.1, -0.05) is 30.0 Å². The van der Waals surface area contributed by atoms with Crippen LogP contribution in [0.4, 0.5) is 14.5 Å². The summed E-state index contributed by atoms with van der Waals surface area (Å²) in [5.41, 5.74) is 0.716. The van der Waals surface area contributed by atoms with E-state index in [0.717, 1.165) is 23.1 Å². The number of nitrogens with one attached hydrogen (secondary N) is 2. The Bertz CT molecular complexity index is 916. The molecular formula is C18H16F2N4O2S. The van der Waals surface area contributed by atoms with Gasteiger partial charge in [-0.05, 0) is 30.3 Å². The topological polar surface area (TPSA) is 79.9 Å². The fourth-order valence-electron chi connectivity index (χ4n) is 2.31. The summed E-state index contributed by atoms with van der Waals surface area (Å²) in [6.45, 7) is 0. The summed E-state index contributed by atoms with van der Waals surface area (Å²) < 4.78 is 31.0. The molecule has 1 aromatic heterocycles. The van der Waals surface area contributed by atoms with Crippen LogP contribution < -0.4 is 10.1 Å². The highest BCUT2D eigenvalue weighted by atomic mass is 32.2. The first kappa shape index (κ1) is 18.8. The van der Waals surface area contributed by atoms with Gasteiger partial charge < -0.3 is 10.1 Å². The molecule has 0 bridgehead atoms. The molecule has 1 amide bonds. The Morgan fingerprint density at radius 3 is 2.67 bits per heavy atom. The highest BCUT2D eigenvalue weighted by molar-refractivity contribution is 7.99. The Labute approximate surface area is 158 Å². The van der Waals surface area contributed by atoms with E-state index in [0.29, 0.717) is 11.0 Å². The molecule has 1 heterocycles. The molecule has 0 aliphatic heterocycles. The maximum atomic E-state index is 13.0. The van der Waals surface area contributed by atoms with Crippen LogP contribution in [0.2, 0.25) is 0 Å². The lowest BCUT2D eigenvalue weighted by atomic mass is 10.2. The number of aromatic amines is 1. The lowest BCUT2D eigenvalue weighted by Crippen LogP contribution is -2.15. The molecule has 6 nitrogen and oxygen atoms in total. The van der Waals surface area contributed by atoms with Crippen LogP contribution in [0.1, 0.15) is 12.0 Å². The molecule has 0 unspecified atom stereocenters. The monoisotopic (exact) mass is 390 g/mol. The van der Waals surface area contributed by atoms with Gasteiger partial charge in [-0.15, -0.1) is 5.10 Å². The number of hydrogen-bond acceptors (Lipinski definition) is 5. The van der Waals surface area contributed by atoms with Crippen LogP contribution in [0.5, 0.6) is 5.75 Å². The summed E-state index contributed by atoms with van der Waals surface area (Å²) in [6, 6.07) is 13.1. The number of thioether (sulfide) groups is 1. The standard InChI is InChI=1S/C18H16F2N4O2S/c1-26-12-8-6-11(7-9-12)17-22-18(24-23-17)27-10-15(25)21-14-5-3-2-4-13(14)16(19)20/h2-9,16H,10H2,1H3,(H,21,25)(H,22,23,24).